The zero-order valence-electron chi connectivity index (χ0n) is 21.4. The number of aromatic nitrogens is 1. The average molecular weight is 517 g/mol. The Bertz CT molecular complexity index is 1480. The number of fused-ring (bicyclic) bond motifs is 1. The molecular formula is C29H32N4O3S. The first-order valence-electron chi connectivity index (χ1n) is 12.4. The molecule has 0 unspecified atom stereocenters. The van der Waals surface area contributed by atoms with Gasteiger partial charge in [0.25, 0.3) is 15.9 Å². The fourth-order valence-electron chi connectivity index (χ4n) is 4.22. The van der Waals surface area contributed by atoms with Gasteiger partial charge < -0.3 is 9.80 Å². The lowest BCUT2D eigenvalue weighted by molar-refractivity contribution is 0.0798. The summed E-state index contributed by atoms with van der Waals surface area (Å²) in [7, 11) is -2.07. The third kappa shape index (κ3) is 6.09. The van der Waals surface area contributed by atoms with Gasteiger partial charge in [-0.15, -0.1) is 0 Å². The second kappa shape index (κ2) is 11.4. The molecule has 0 radical (unpaired) electrons. The Kier molecular flexibility index (Phi) is 8.08. The number of benzene rings is 3. The third-order valence-corrected chi connectivity index (χ3v) is 7.80. The summed E-state index contributed by atoms with van der Waals surface area (Å²) in [6, 6.07) is 23.6. The second-order valence-corrected chi connectivity index (χ2v) is 10.5. The van der Waals surface area contributed by atoms with Crippen LogP contribution in [0, 0.1) is 0 Å². The second-order valence-electron chi connectivity index (χ2n) is 8.84. The maximum atomic E-state index is 13.0. The molecule has 1 amide bonds. The van der Waals surface area contributed by atoms with E-state index < -0.39 is 10.0 Å². The Morgan fingerprint density at radius 1 is 0.919 bits per heavy atom. The Labute approximate surface area is 218 Å². The summed E-state index contributed by atoms with van der Waals surface area (Å²) in [6.45, 7) is 6.36. The van der Waals surface area contributed by atoms with Crippen molar-refractivity contribution in [3.8, 4) is 0 Å². The quantitative estimate of drug-likeness (QED) is 0.313. The number of likely N-dealkylation sites (N-methyl/N-ethyl adjacent to an activating group) is 2. The number of aryl methyl sites for hydroxylation is 1. The van der Waals surface area contributed by atoms with E-state index in [0.29, 0.717) is 29.9 Å². The van der Waals surface area contributed by atoms with Crippen molar-refractivity contribution in [2.75, 3.05) is 36.3 Å². The molecule has 0 aliphatic heterocycles. The third-order valence-electron chi connectivity index (χ3n) is 6.39. The zero-order chi connectivity index (χ0) is 26.4. The van der Waals surface area contributed by atoms with Crippen LogP contribution < -0.4 is 9.62 Å². The summed E-state index contributed by atoms with van der Waals surface area (Å²) in [6.07, 6.45) is 2.55. The van der Waals surface area contributed by atoms with Gasteiger partial charge in [-0.1, -0.05) is 37.3 Å². The lowest BCUT2D eigenvalue weighted by Crippen LogP contribution is -2.36. The molecule has 0 atom stereocenters. The standard InChI is InChI=1S/C29H32N4O3S/c1-4-22-9-6-12-26(21-22)33(5-2)20-19-32(3)29(34)24-14-16-25(17-15-24)31-37(35,36)27-13-7-10-23-11-8-18-30-28(23)27/h6-18,21,31H,4-5,19-20H2,1-3H3. The molecule has 0 aliphatic carbocycles. The van der Waals surface area contributed by atoms with Crippen molar-refractivity contribution in [3.63, 3.8) is 0 Å². The van der Waals surface area contributed by atoms with E-state index in [0.717, 1.165) is 24.0 Å². The Morgan fingerprint density at radius 2 is 1.65 bits per heavy atom. The van der Waals surface area contributed by atoms with Crippen LogP contribution in [0.3, 0.4) is 0 Å². The lowest BCUT2D eigenvalue weighted by atomic mass is 10.1. The van der Waals surface area contributed by atoms with Gasteiger partial charge >= 0.3 is 0 Å². The highest BCUT2D eigenvalue weighted by molar-refractivity contribution is 7.93. The van der Waals surface area contributed by atoms with Crippen molar-refractivity contribution in [2.45, 2.75) is 25.2 Å². The minimum atomic E-state index is -3.86. The number of para-hydroxylation sites is 1. The molecule has 192 valence electrons. The predicted molar refractivity (Wildman–Crippen MR) is 150 cm³/mol. The average Bonchev–Trinajstić information content (AvgIpc) is 2.93. The SMILES string of the molecule is CCc1cccc(N(CC)CCN(C)C(=O)c2ccc(NS(=O)(=O)c3cccc4cccnc34)cc2)c1. The maximum absolute atomic E-state index is 13.0. The molecule has 8 heteroatoms. The minimum Gasteiger partial charge on any atom is -0.370 e. The number of carbonyl (C=O) groups excluding carboxylic acids is 1. The predicted octanol–water partition coefficient (Wildman–Crippen LogP) is 5.20. The topological polar surface area (TPSA) is 82.6 Å². The van der Waals surface area contributed by atoms with E-state index >= 15 is 0 Å². The highest BCUT2D eigenvalue weighted by Crippen LogP contribution is 2.23. The molecule has 4 aromatic rings. The molecule has 0 saturated heterocycles. The van der Waals surface area contributed by atoms with E-state index in [1.54, 1.807) is 54.5 Å². The van der Waals surface area contributed by atoms with Crippen molar-refractivity contribution in [1.29, 1.82) is 0 Å². The number of nitrogens with zero attached hydrogens (tertiary/aromatic N) is 3. The van der Waals surface area contributed by atoms with E-state index in [4.69, 9.17) is 0 Å². The zero-order valence-corrected chi connectivity index (χ0v) is 22.2. The molecular weight excluding hydrogens is 484 g/mol. The van der Waals surface area contributed by atoms with Crippen LogP contribution >= 0.6 is 0 Å². The maximum Gasteiger partial charge on any atom is 0.264 e. The Balaban J connectivity index is 1.41. The summed E-state index contributed by atoms with van der Waals surface area (Å²) in [5, 5.41) is 0.745. The number of amides is 1. The van der Waals surface area contributed by atoms with E-state index in [9.17, 15) is 13.2 Å². The molecule has 4 rings (SSSR count). The van der Waals surface area contributed by atoms with E-state index in [1.807, 2.05) is 12.1 Å². The number of anilines is 2. The van der Waals surface area contributed by atoms with Crippen LogP contribution in [0.15, 0.2) is 90.0 Å². The summed E-state index contributed by atoms with van der Waals surface area (Å²) < 4.78 is 28.7. The fraction of sp³-hybridized carbons (Fsp3) is 0.241. The molecule has 0 fully saturated rings. The van der Waals surface area contributed by atoms with Crippen molar-refractivity contribution in [3.05, 3.63) is 96.2 Å². The number of pyridine rings is 1. The lowest BCUT2D eigenvalue weighted by Gasteiger charge is -2.27. The molecule has 0 saturated carbocycles. The minimum absolute atomic E-state index is 0.107. The van der Waals surface area contributed by atoms with Gasteiger partial charge in [-0.25, -0.2) is 8.42 Å². The van der Waals surface area contributed by atoms with Gasteiger partial charge in [-0.3, -0.25) is 14.5 Å². The van der Waals surface area contributed by atoms with E-state index in [1.165, 1.54) is 11.6 Å². The number of hydrogen-bond acceptors (Lipinski definition) is 5. The van der Waals surface area contributed by atoms with Gasteiger partial charge in [0.05, 0.1) is 5.52 Å². The number of hydrogen-bond donors (Lipinski definition) is 1. The highest BCUT2D eigenvalue weighted by Gasteiger charge is 2.19. The first kappa shape index (κ1) is 26.2. The first-order valence-corrected chi connectivity index (χ1v) is 13.9. The van der Waals surface area contributed by atoms with Crippen molar-refractivity contribution in [2.24, 2.45) is 0 Å². The molecule has 37 heavy (non-hydrogen) atoms. The van der Waals surface area contributed by atoms with Crippen molar-refractivity contribution >= 4 is 38.2 Å². The van der Waals surface area contributed by atoms with Crippen LogP contribution in [-0.2, 0) is 16.4 Å². The first-order chi connectivity index (χ1) is 17.8. The molecule has 1 aromatic heterocycles. The monoisotopic (exact) mass is 516 g/mol. The van der Waals surface area contributed by atoms with Crippen molar-refractivity contribution < 1.29 is 13.2 Å². The normalized spacial score (nSPS) is 11.3. The molecule has 7 nitrogen and oxygen atoms in total. The molecule has 0 aliphatic rings. The number of rotatable bonds is 10. The summed E-state index contributed by atoms with van der Waals surface area (Å²) in [5.41, 5.74) is 3.72. The largest absolute Gasteiger partial charge is 0.370 e. The van der Waals surface area contributed by atoms with Gasteiger partial charge in [0.1, 0.15) is 4.90 Å². The van der Waals surface area contributed by atoms with Crippen LogP contribution in [0.4, 0.5) is 11.4 Å². The van der Waals surface area contributed by atoms with Crippen LogP contribution in [0.2, 0.25) is 0 Å². The molecule has 0 bridgehead atoms. The van der Waals surface area contributed by atoms with Gasteiger partial charge in [-0.05, 0) is 67.4 Å². The van der Waals surface area contributed by atoms with Crippen LogP contribution in [0.25, 0.3) is 10.9 Å². The summed E-state index contributed by atoms with van der Waals surface area (Å²) >= 11 is 0. The van der Waals surface area contributed by atoms with E-state index in [-0.39, 0.29) is 10.8 Å². The molecule has 1 heterocycles. The summed E-state index contributed by atoms with van der Waals surface area (Å²) in [5.74, 6) is -0.119. The smallest absolute Gasteiger partial charge is 0.264 e. The van der Waals surface area contributed by atoms with Gasteiger partial charge in [0, 0.05) is 55.2 Å². The molecule has 1 N–H and O–H groups in total. The fourth-order valence-corrected chi connectivity index (χ4v) is 5.46. The summed E-state index contributed by atoms with van der Waals surface area (Å²) in [4.78, 5) is 21.3. The van der Waals surface area contributed by atoms with Crippen LogP contribution in [0.1, 0.15) is 29.8 Å². The molecule has 0 spiro atoms. The van der Waals surface area contributed by atoms with Gasteiger partial charge in [0.15, 0.2) is 0 Å². The number of sulfonamides is 1. The van der Waals surface area contributed by atoms with Crippen LogP contribution in [0.5, 0.6) is 0 Å². The van der Waals surface area contributed by atoms with Crippen LogP contribution in [-0.4, -0.2) is 50.9 Å². The van der Waals surface area contributed by atoms with E-state index in [2.05, 4.69) is 52.7 Å². The van der Waals surface area contributed by atoms with Gasteiger partial charge in [0.2, 0.25) is 0 Å². The van der Waals surface area contributed by atoms with Crippen molar-refractivity contribution in [1.82, 2.24) is 9.88 Å². The number of carbonyl (C=O) groups is 1. The number of nitrogens with one attached hydrogen (secondary N) is 1. The Hall–Kier alpha value is -3.91. The molecule has 3 aromatic carbocycles. The Morgan fingerprint density at radius 3 is 2.38 bits per heavy atom. The van der Waals surface area contributed by atoms with Gasteiger partial charge in [-0.2, -0.15) is 0 Å². The highest BCUT2D eigenvalue weighted by atomic mass is 32.2.